The topological polar surface area (TPSA) is 38.8 Å². The van der Waals surface area contributed by atoms with Crippen molar-refractivity contribution in [3.63, 3.8) is 0 Å². The first-order chi connectivity index (χ1) is 12.3. The number of ether oxygens (including phenoxy) is 2. The van der Waals surface area contributed by atoms with Crippen LogP contribution in [0.1, 0.15) is 39.9 Å². The number of rotatable bonds is 3. The van der Waals surface area contributed by atoms with Gasteiger partial charge in [-0.15, -0.1) is 0 Å². The lowest BCUT2D eigenvalue weighted by atomic mass is 9.96. The molecule has 25 heavy (non-hydrogen) atoms. The molecule has 130 valence electrons. The van der Waals surface area contributed by atoms with Gasteiger partial charge in [0.25, 0.3) is 5.91 Å². The standard InChI is InChI=1S/C21H23NO3/c23-21(18-8-4-7-17(13-18)19-9-11-24-14-19)22-10-12-25-15-20(22)16-5-2-1-3-6-16/h1-8,13,19-20H,9-12,14-15H2. The molecule has 0 N–H and O–H groups in total. The molecule has 2 heterocycles. The van der Waals surface area contributed by atoms with E-state index in [9.17, 15) is 4.79 Å². The van der Waals surface area contributed by atoms with Gasteiger partial charge in [0.15, 0.2) is 0 Å². The van der Waals surface area contributed by atoms with E-state index in [0.717, 1.165) is 30.8 Å². The maximum absolute atomic E-state index is 13.2. The average molecular weight is 337 g/mol. The minimum absolute atomic E-state index is 0.0269. The zero-order valence-corrected chi connectivity index (χ0v) is 14.3. The van der Waals surface area contributed by atoms with Crippen LogP contribution in [0.3, 0.4) is 0 Å². The molecule has 0 spiro atoms. The predicted molar refractivity (Wildman–Crippen MR) is 95.7 cm³/mol. The number of hydrogen-bond acceptors (Lipinski definition) is 3. The largest absolute Gasteiger partial charge is 0.381 e. The number of carbonyl (C=O) groups excluding carboxylic acids is 1. The van der Waals surface area contributed by atoms with E-state index in [1.54, 1.807) is 0 Å². The Balaban J connectivity index is 1.59. The third kappa shape index (κ3) is 3.46. The fourth-order valence-electron chi connectivity index (χ4n) is 3.69. The number of nitrogens with zero attached hydrogens (tertiary/aromatic N) is 1. The molecule has 2 atom stereocenters. The third-order valence-corrected chi connectivity index (χ3v) is 5.11. The van der Waals surface area contributed by atoms with Gasteiger partial charge in [-0.3, -0.25) is 4.79 Å². The maximum Gasteiger partial charge on any atom is 0.254 e. The first-order valence-corrected chi connectivity index (χ1v) is 8.94. The van der Waals surface area contributed by atoms with E-state index in [-0.39, 0.29) is 11.9 Å². The van der Waals surface area contributed by atoms with Crippen LogP contribution >= 0.6 is 0 Å². The van der Waals surface area contributed by atoms with E-state index >= 15 is 0 Å². The molecule has 2 aliphatic rings. The fourth-order valence-corrected chi connectivity index (χ4v) is 3.69. The zero-order chi connectivity index (χ0) is 17.1. The Hall–Kier alpha value is -2.17. The quantitative estimate of drug-likeness (QED) is 0.862. The van der Waals surface area contributed by atoms with Gasteiger partial charge in [-0.05, 0) is 29.7 Å². The molecule has 0 bridgehead atoms. The van der Waals surface area contributed by atoms with E-state index in [2.05, 4.69) is 18.2 Å². The summed E-state index contributed by atoms with van der Waals surface area (Å²) in [4.78, 5) is 15.1. The molecule has 2 fully saturated rings. The van der Waals surface area contributed by atoms with Crippen LogP contribution < -0.4 is 0 Å². The van der Waals surface area contributed by atoms with E-state index in [0.29, 0.717) is 25.7 Å². The minimum atomic E-state index is -0.0269. The summed E-state index contributed by atoms with van der Waals surface area (Å²) in [5.74, 6) is 0.486. The Morgan fingerprint density at radius 3 is 2.52 bits per heavy atom. The second kappa shape index (κ2) is 7.38. The van der Waals surface area contributed by atoms with Gasteiger partial charge in [0, 0.05) is 24.6 Å². The Labute approximate surface area is 148 Å². The number of carbonyl (C=O) groups is 1. The summed E-state index contributed by atoms with van der Waals surface area (Å²) < 4.78 is 11.1. The first kappa shape index (κ1) is 16.3. The van der Waals surface area contributed by atoms with E-state index in [4.69, 9.17) is 9.47 Å². The maximum atomic E-state index is 13.2. The summed E-state index contributed by atoms with van der Waals surface area (Å²) >= 11 is 0. The highest BCUT2D eigenvalue weighted by Crippen LogP contribution is 2.29. The van der Waals surface area contributed by atoms with E-state index < -0.39 is 0 Å². The Morgan fingerprint density at radius 2 is 1.72 bits per heavy atom. The second-order valence-electron chi connectivity index (χ2n) is 6.69. The normalized spacial score (nSPS) is 23.6. The molecule has 0 aromatic heterocycles. The van der Waals surface area contributed by atoms with Crippen LogP contribution in [0.4, 0.5) is 0 Å². The van der Waals surface area contributed by atoms with E-state index in [1.165, 1.54) is 5.56 Å². The number of amides is 1. The van der Waals surface area contributed by atoms with Crippen molar-refractivity contribution < 1.29 is 14.3 Å². The van der Waals surface area contributed by atoms with Crippen molar-refractivity contribution in [2.24, 2.45) is 0 Å². The number of hydrogen-bond donors (Lipinski definition) is 0. The Morgan fingerprint density at radius 1 is 0.920 bits per heavy atom. The summed E-state index contributed by atoms with van der Waals surface area (Å²) in [6.07, 6.45) is 1.03. The molecule has 0 aliphatic carbocycles. The molecular weight excluding hydrogens is 314 g/mol. The smallest absolute Gasteiger partial charge is 0.254 e. The van der Waals surface area contributed by atoms with Crippen molar-refractivity contribution in [1.82, 2.24) is 4.90 Å². The SMILES string of the molecule is O=C(c1cccc(C2CCOC2)c1)N1CCOCC1c1ccccc1. The molecule has 0 saturated carbocycles. The molecule has 4 nitrogen and oxygen atoms in total. The van der Waals surface area contributed by atoms with Crippen molar-refractivity contribution in [1.29, 1.82) is 0 Å². The average Bonchev–Trinajstić information content (AvgIpc) is 3.23. The predicted octanol–water partition coefficient (Wildman–Crippen LogP) is 3.40. The van der Waals surface area contributed by atoms with Gasteiger partial charge in [-0.2, -0.15) is 0 Å². The Kier molecular flexibility index (Phi) is 4.81. The fraction of sp³-hybridized carbons (Fsp3) is 0.381. The third-order valence-electron chi connectivity index (χ3n) is 5.11. The molecule has 0 radical (unpaired) electrons. The van der Waals surface area contributed by atoms with Gasteiger partial charge in [-0.25, -0.2) is 0 Å². The van der Waals surface area contributed by atoms with Crippen LogP contribution in [0.5, 0.6) is 0 Å². The molecule has 2 aromatic rings. The van der Waals surface area contributed by atoms with Gasteiger partial charge < -0.3 is 14.4 Å². The Bertz CT molecular complexity index is 725. The molecule has 2 saturated heterocycles. The monoisotopic (exact) mass is 337 g/mol. The van der Waals surface area contributed by atoms with Gasteiger partial charge >= 0.3 is 0 Å². The molecular formula is C21H23NO3. The second-order valence-corrected chi connectivity index (χ2v) is 6.69. The lowest BCUT2D eigenvalue weighted by Gasteiger charge is -2.36. The first-order valence-electron chi connectivity index (χ1n) is 8.94. The van der Waals surface area contributed by atoms with Crippen molar-refractivity contribution in [3.8, 4) is 0 Å². The summed E-state index contributed by atoms with van der Waals surface area (Å²) in [6.45, 7) is 3.32. The summed E-state index contributed by atoms with van der Waals surface area (Å²) in [5.41, 5.74) is 3.08. The van der Waals surface area contributed by atoms with Crippen molar-refractivity contribution >= 4 is 5.91 Å². The van der Waals surface area contributed by atoms with Gasteiger partial charge in [0.05, 0.1) is 25.9 Å². The molecule has 1 amide bonds. The summed E-state index contributed by atoms with van der Waals surface area (Å²) in [6, 6.07) is 18.1. The van der Waals surface area contributed by atoms with Crippen LogP contribution in [0.2, 0.25) is 0 Å². The zero-order valence-electron chi connectivity index (χ0n) is 14.3. The highest BCUT2D eigenvalue weighted by molar-refractivity contribution is 5.94. The van der Waals surface area contributed by atoms with Gasteiger partial charge in [-0.1, -0.05) is 42.5 Å². The van der Waals surface area contributed by atoms with Crippen LogP contribution in [0.25, 0.3) is 0 Å². The molecule has 2 unspecified atom stereocenters. The molecule has 4 rings (SSSR count). The highest BCUT2D eigenvalue weighted by Gasteiger charge is 2.29. The van der Waals surface area contributed by atoms with Crippen LogP contribution in [0.15, 0.2) is 54.6 Å². The summed E-state index contributed by atoms with van der Waals surface area (Å²) in [5, 5.41) is 0. The van der Waals surface area contributed by atoms with Crippen LogP contribution in [-0.2, 0) is 9.47 Å². The van der Waals surface area contributed by atoms with E-state index in [1.807, 2.05) is 41.3 Å². The molecule has 2 aliphatic heterocycles. The minimum Gasteiger partial charge on any atom is -0.381 e. The number of benzene rings is 2. The lowest BCUT2D eigenvalue weighted by Crippen LogP contribution is -2.43. The van der Waals surface area contributed by atoms with Crippen LogP contribution in [-0.4, -0.2) is 43.8 Å². The van der Waals surface area contributed by atoms with Crippen molar-refractivity contribution in [2.45, 2.75) is 18.4 Å². The van der Waals surface area contributed by atoms with Crippen molar-refractivity contribution in [3.05, 3.63) is 71.3 Å². The van der Waals surface area contributed by atoms with Gasteiger partial charge in [0.2, 0.25) is 0 Å². The van der Waals surface area contributed by atoms with Crippen molar-refractivity contribution in [2.75, 3.05) is 33.0 Å². The molecule has 2 aromatic carbocycles. The van der Waals surface area contributed by atoms with Crippen LogP contribution in [0, 0.1) is 0 Å². The highest BCUT2D eigenvalue weighted by atomic mass is 16.5. The van der Waals surface area contributed by atoms with Gasteiger partial charge in [0.1, 0.15) is 0 Å². The summed E-state index contributed by atoms with van der Waals surface area (Å²) in [7, 11) is 0. The lowest BCUT2D eigenvalue weighted by molar-refractivity contribution is -0.00270. The molecule has 4 heteroatoms. The number of morpholine rings is 1.